The lowest BCUT2D eigenvalue weighted by Crippen LogP contribution is -2.46. The van der Waals surface area contributed by atoms with Gasteiger partial charge in [-0.15, -0.1) is 0 Å². The number of hydrogen-bond acceptors (Lipinski definition) is 4. The average molecular weight is 351 g/mol. The topological polar surface area (TPSA) is 114 Å². The van der Waals surface area contributed by atoms with Crippen LogP contribution >= 0.6 is 0 Å². The van der Waals surface area contributed by atoms with Gasteiger partial charge in [-0.05, 0) is 23.3 Å². The maximum Gasteiger partial charge on any atom is 0.332 e. The van der Waals surface area contributed by atoms with Crippen LogP contribution < -0.4 is 5.73 Å². The molecule has 26 heavy (non-hydrogen) atoms. The van der Waals surface area contributed by atoms with Crippen LogP contribution in [0.1, 0.15) is 12.2 Å². The van der Waals surface area contributed by atoms with Gasteiger partial charge in [0.1, 0.15) is 11.5 Å². The van der Waals surface area contributed by atoms with E-state index in [1.165, 1.54) is 6.07 Å². The number of hydrogen-bond donors (Lipinski definition) is 3. The Morgan fingerprint density at radius 1 is 0.846 bits per heavy atom. The third kappa shape index (κ3) is 3.36. The molecule has 2 aromatic carbocycles. The van der Waals surface area contributed by atoms with Gasteiger partial charge in [0, 0.05) is 5.56 Å². The first kappa shape index (κ1) is 17.4. The van der Waals surface area contributed by atoms with Crippen molar-refractivity contribution >= 4 is 11.9 Å². The number of furan rings is 1. The minimum Gasteiger partial charge on any atom is -0.481 e. The summed E-state index contributed by atoms with van der Waals surface area (Å²) < 4.78 is 5.57. The summed E-state index contributed by atoms with van der Waals surface area (Å²) in [5.41, 5.74) is 6.51. The normalized spacial score (nSPS) is 13.1. The van der Waals surface area contributed by atoms with Crippen molar-refractivity contribution < 1.29 is 24.2 Å². The van der Waals surface area contributed by atoms with Crippen LogP contribution in [-0.2, 0) is 15.1 Å². The number of aliphatic carboxylic acids is 2. The minimum absolute atomic E-state index is 0.102. The van der Waals surface area contributed by atoms with E-state index in [9.17, 15) is 14.7 Å². The van der Waals surface area contributed by atoms with Crippen LogP contribution in [0, 0.1) is 0 Å². The molecule has 1 unspecified atom stereocenters. The van der Waals surface area contributed by atoms with E-state index in [1.807, 2.05) is 54.6 Å². The van der Waals surface area contributed by atoms with E-state index in [0.29, 0.717) is 5.76 Å². The first-order valence-electron chi connectivity index (χ1n) is 7.90. The second kappa shape index (κ2) is 6.85. The highest BCUT2D eigenvalue weighted by atomic mass is 16.4. The summed E-state index contributed by atoms with van der Waals surface area (Å²) in [5.74, 6) is -2.46. The molecule has 1 aromatic heterocycles. The molecule has 1 atom stereocenters. The highest BCUT2D eigenvalue weighted by molar-refractivity contribution is 5.85. The maximum absolute atomic E-state index is 11.5. The average Bonchev–Trinajstić information content (AvgIpc) is 3.12. The van der Waals surface area contributed by atoms with Crippen molar-refractivity contribution in [1.82, 2.24) is 0 Å². The van der Waals surface area contributed by atoms with Crippen LogP contribution in [0.15, 0.2) is 71.1 Å². The van der Waals surface area contributed by atoms with Gasteiger partial charge in [0.25, 0.3) is 0 Å². The Morgan fingerprint density at radius 2 is 1.42 bits per heavy atom. The quantitative estimate of drug-likeness (QED) is 0.628. The molecule has 0 bridgehead atoms. The summed E-state index contributed by atoms with van der Waals surface area (Å²) in [6.07, 6.45) is -0.776. The van der Waals surface area contributed by atoms with Crippen molar-refractivity contribution in [3.8, 4) is 22.5 Å². The summed E-state index contributed by atoms with van der Waals surface area (Å²) in [4.78, 5) is 22.4. The molecular weight excluding hydrogens is 334 g/mol. The van der Waals surface area contributed by atoms with Crippen molar-refractivity contribution in [2.24, 2.45) is 5.73 Å². The van der Waals surface area contributed by atoms with Gasteiger partial charge in [-0.25, -0.2) is 4.79 Å². The van der Waals surface area contributed by atoms with Crippen LogP contribution in [0.5, 0.6) is 0 Å². The lowest BCUT2D eigenvalue weighted by atomic mass is 9.94. The highest BCUT2D eigenvalue weighted by Gasteiger charge is 2.41. The number of nitrogens with two attached hydrogens (primary N) is 1. The van der Waals surface area contributed by atoms with Gasteiger partial charge in [-0.2, -0.15) is 0 Å². The Hall–Kier alpha value is -3.38. The monoisotopic (exact) mass is 351 g/mol. The molecule has 132 valence electrons. The predicted molar refractivity (Wildman–Crippen MR) is 95.3 cm³/mol. The van der Waals surface area contributed by atoms with Gasteiger partial charge >= 0.3 is 11.9 Å². The molecule has 4 N–H and O–H groups in total. The van der Waals surface area contributed by atoms with Gasteiger partial charge in [0.15, 0.2) is 5.54 Å². The van der Waals surface area contributed by atoms with Crippen molar-refractivity contribution in [3.05, 3.63) is 72.5 Å². The van der Waals surface area contributed by atoms with E-state index in [4.69, 9.17) is 15.3 Å². The summed E-state index contributed by atoms with van der Waals surface area (Å²) in [6.45, 7) is 0. The Bertz CT molecular complexity index is 930. The van der Waals surface area contributed by atoms with Crippen molar-refractivity contribution in [3.63, 3.8) is 0 Å². The highest BCUT2D eigenvalue weighted by Crippen LogP contribution is 2.31. The Kier molecular flexibility index (Phi) is 4.60. The van der Waals surface area contributed by atoms with Crippen LogP contribution in [0.3, 0.4) is 0 Å². The SMILES string of the molecule is NC(CC(=O)O)(C(=O)O)c1ccc(-c2ccc(-c3ccccc3)cc2)o1. The fourth-order valence-corrected chi connectivity index (χ4v) is 2.70. The summed E-state index contributed by atoms with van der Waals surface area (Å²) in [6, 6.07) is 20.4. The van der Waals surface area contributed by atoms with E-state index in [-0.39, 0.29) is 5.76 Å². The number of carboxylic acids is 2. The van der Waals surface area contributed by atoms with Crippen molar-refractivity contribution in [2.75, 3.05) is 0 Å². The molecule has 0 aliphatic rings. The Labute approximate surface area is 149 Å². The lowest BCUT2D eigenvalue weighted by Gasteiger charge is -2.19. The molecule has 3 rings (SSSR count). The van der Waals surface area contributed by atoms with E-state index in [1.54, 1.807) is 6.07 Å². The number of carbonyl (C=O) groups is 2. The molecule has 0 saturated carbocycles. The molecule has 3 aromatic rings. The third-order valence-electron chi connectivity index (χ3n) is 4.13. The fraction of sp³-hybridized carbons (Fsp3) is 0.100. The second-order valence-corrected chi connectivity index (χ2v) is 5.95. The van der Waals surface area contributed by atoms with Gasteiger partial charge < -0.3 is 20.4 Å². The molecule has 0 saturated heterocycles. The lowest BCUT2D eigenvalue weighted by molar-refractivity contribution is -0.151. The van der Waals surface area contributed by atoms with E-state index >= 15 is 0 Å². The van der Waals surface area contributed by atoms with Crippen molar-refractivity contribution in [2.45, 2.75) is 12.0 Å². The summed E-state index contributed by atoms with van der Waals surface area (Å²) >= 11 is 0. The first-order valence-corrected chi connectivity index (χ1v) is 7.90. The van der Waals surface area contributed by atoms with E-state index in [2.05, 4.69) is 0 Å². The minimum atomic E-state index is -2.12. The molecule has 6 nitrogen and oxygen atoms in total. The molecule has 0 fully saturated rings. The molecule has 0 radical (unpaired) electrons. The summed E-state index contributed by atoms with van der Waals surface area (Å²) in [7, 11) is 0. The molecule has 0 spiro atoms. The van der Waals surface area contributed by atoms with Crippen LogP contribution in [0.25, 0.3) is 22.5 Å². The first-order chi connectivity index (χ1) is 12.4. The molecular formula is C20H17NO5. The molecule has 1 heterocycles. The molecule has 0 amide bonds. The van der Waals surface area contributed by atoms with Crippen LogP contribution in [0.2, 0.25) is 0 Å². The van der Waals surface area contributed by atoms with Gasteiger partial charge in [-0.1, -0.05) is 54.6 Å². The summed E-state index contributed by atoms with van der Waals surface area (Å²) in [5, 5.41) is 18.3. The van der Waals surface area contributed by atoms with Crippen LogP contribution in [0.4, 0.5) is 0 Å². The Balaban J connectivity index is 1.90. The number of rotatable bonds is 6. The zero-order valence-corrected chi connectivity index (χ0v) is 13.8. The van der Waals surface area contributed by atoms with E-state index < -0.39 is 23.9 Å². The zero-order valence-electron chi connectivity index (χ0n) is 13.8. The molecule has 0 aliphatic carbocycles. The number of carboxylic acid groups (broad SMARTS) is 2. The third-order valence-corrected chi connectivity index (χ3v) is 4.13. The zero-order chi connectivity index (χ0) is 18.7. The molecule has 0 aliphatic heterocycles. The Morgan fingerprint density at radius 3 is 2.00 bits per heavy atom. The predicted octanol–water partition coefficient (Wildman–Crippen LogP) is 3.33. The van der Waals surface area contributed by atoms with Crippen molar-refractivity contribution in [1.29, 1.82) is 0 Å². The molecule has 6 heteroatoms. The van der Waals surface area contributed by atoms with Gasteiger partial charge in [-0.3, -0.25) is 4.79 Å². The second-order valence-electron chi connectivity index (χ2n) is 5.95. The maximum atomic E-state index is 11.5. The van der Waals surface area contributed by atoms with Gasteiger partial charge in [0.2, 0.25) is 0 Å². The van der Waals surface area contributed by atoms with E-state index in [0.717, 1.165) is 16.7 Å². The van der Waals surface area contributed by atoms with Gasteiger partial charge in [0.05, 0.1) is 6.42 Å². The smallest absolute Gasteiger partial charge is 0.332 e. The standard InChI is InChI=1S/C20H17NO5/c21-20(19(24)25,12-18(22)23)17-11-10-16(26-17)15-8-6-14(7-9-15)13-4-2-1-3-5-13/h1-11H,12,21H2,(H,22,23)(H,24,25). The number of benzene rings is 2. The fourth-order valence-electron chi connectivity index (χ4n) is 2.70. The largest absolute Gasteiger partial charge is 0.481 e. The van der Waals surface area contributed by atoms with Crippen LogP contribution in [-0.4, -0.2) is 22.2 Å².